The van der Waals surface area contributed by atoms with Crippen molar-refractivity contribution < 1.29 is 4.39 Å². The Balaban J connectivity index is 2.49. The van der Waals surface area contributed by atoms with Crippen LogP contribution in [0.25, 0.3) is 11.3 Å². The van der Waals surface area contributed by atoms with Gasteiger partial charge in [0.05, 0.1) is 4.47 Å². The number of hydrogen-bond donors (Lipinski definition) is 1. The zero-order valence-electron chi connectivity index (χ0n) is 8.22. The average Bonchev–Trinajstić information content (AvgIpc) is 2.59. The molecule has 0 aliphatic carbocycles. The molecule has 4 heteroatoms. The van der Waals surface area contributed by atoms with E-state index >= 15 is 0 Å². The van der Waals surface area contributed by atoms with E-state index in [4.69, 9.17) is 0 Å². The maximum atomic E-state index is 13.0. The zero-order chi connectivity index (χ0) is 10.8. The molecule has 2 aromatic rings. The lowest BCUT2D eigenvalue weighted by Crippen LogP contribution is -1.81. The van der Waals surface area contributed by atoms with Gasteiger partial charge in [-0.1, -0.05) is 19.1 Å². The minimum atomic E-state index is -0.250. The van der Waals surface area contributed by atoms with Crippen LogP contribution in [0, 0.1) is 5.82 Å². The standard InChI is InChI=1S/C11H10BrFN2/c1-2-9-10(12)11(15-14-9)7-4-3-5-8(13)6-7/h3-6H,2H2,1H3,(H,14,15). The Morgan fingerprint density at radius 2 is 2.27 bits per heavy atom. The van der Waals surface area contributed by atoms with Crippen LogP contribution in [-0.4, -0.2) is 10.2 Å². The molecule has 0 saturated heterocycles. The van der Waals surface area contributed by atoms with Crippen LogP contribution in [0.4, 0.5) is 4.39 Å². The van der Waals surface area contributed by atoms with Gasteiger partial charge in [0, 0.05) is 11.3 Å². The van der Waals surface area contributed by atoms with Crippen molar-refractivity contribution in [2.24, 2.45) is 0 Å². The molecule has 78 valence electrons. The van der Waals surface area contributed by atoms with E-state index in [9.17, 15) is 4.39 Å². The van der Waals surface area contributed by atoms with E-state index in [1.807, 2.05) is 13.0 Å². The van der Waals surface area contributed by atoms with Crippen molar-refractivity contribution in [2.75, 3.05) is 0 Å². The lowest BCUT2D eigenvalue weighted by molar-refractivity contribution is 0.628. The Bertz CT molecular complexity index is 479. The summed E-state index contributed by atoms with van der Waals surface area (Å²) in [6.45, 7) is 2.04. The highest BCUT2D eigenvalue weighted by Crippen LogP contribution is 2.29. The van der Waals surface area contributed by atoms with Crippen LogP contribution >= 0.6 is 15.9 Å². The summed E-state index contributed by atoms with van der Waals surface area (Å²) in [4.78, 5) is 0. The van der Waals surface area contributed by atoms with Gasteiger partial charge in [0.2, 0.25) is 0 Å². The molecule has 1 heterocycles. The SMILES string of the molecule is CCc1[nH]nc(-c2cccc(F)c2)c1Br. The van der Waals surface area contributed by atoms with Gasteiger partial charge >= 0.3 is 0 Å². The maximum absolute atomic E-state index is 13.0. The minimum Gasteiger partial charge on any atom is -0.281 e. The molecule has 1 aromatic heterocycles. The molecule has 1 aromatic carbocycles. The molecule has 15 heavy (non-hydrogen) atoms. The third-order valence-corrected chi connectivity index (χ3v) is 3.08. The zero-order valence-corrected chi connectivity index (χ0v) is 9.81. The number of benzene rings is 1. The number of nitrogens with zero attached hydrogens (tertiary/aromatic N) is 1. The first-order valence-corrected chi connectivity index (χ1v) is 5.50. The van der Waals surface area contributed by atoms with E-state index in [-0.39, 0.29) is 5.82 Å². The molecular formula is C11H10BrFN2. The summed E-state index contributed by atoms with van der Waals surface area (Å²) in [5.41, 5.74) is 2.55. The number of nitrogens with one attached hydrogen (secondary N) is 1. The van der Waals surface area contributed by atoms with Crippen molar-refractivity contribution in [3.05, 3.63) is 40.2 Å². The largest absolute Gasteiger partial charge is 0.281 e. The molecule has 0 aliphatic rings. The Morgan fingerprint density at radius 1 is 1.47 bits per heavy atom. The fourth-order valence-corrected chi connectivity index (χ4v) is 2.11. The van der Waals surface area contributed by atoms with Gasteiger partial charge in [-0.25, -0.2) is 4.39 Å². The Labute approximate surface area is 95.6 Å². The van der Waals surface area contributed by atoms with Crippen LogP contribution in [0.2, 0.25) is 0 Å². The molecule has 0 amide bonds. The Hall–Kier alpha value is -1.16. The first-order valence-electron chi connectivity index (χ1n) is 4.71. The summed E-state index contributed by atoms with van der Waals surface area (Å²) in [5, 5.41) is 7.08. The summed E-state index contributed by atoms with van der Waals surface area (Å²) in [6, 6.07) is 6.41. The molecular weight excluding hydrogens is 259 g/mol. The molecule has 0 saturated carbocycles. The number of aryl methyl sites for hydroxylation is 1. The molecule has 0 bridgehead atoms. The summed E-state index contributed by atoms with van der Waals surface area (Å²) < 4.78 is 13.9. The molecule has 0 unspecified atom stereocenters. The van der Waals surface area contributed by atoms with E-state index in [0.29, 0.717) is 0 Å². The molecule has 2 rings (SSSR count). The van der Waals surface area contributed by atoms with Gasteiger partial charge in [-0.3, -0.25) is 5.10 Å². The number of rotatable bonds is 2. The van der Waals surface area contributed by atoms with Crippen LogP contribution < -0.4 is 0 Å². The van der Waals surface area contributed by atoms with Gasteiger partial charge < -0.3 is 0 Å². The van der Waals surface area contributed by atoms with Gasteiger partial charge in [0.25, 0.3) is 0 Å². The van der Waals surface area contributed by atoms with Gasteiger partial charge in [-0.2, -0.15) is 5.10 Å². The summed E-state index contributed by atoms with van der Waals surface area (Å²) in [6.07, 6.45) is 0.864. The topological polar surface area (TPSA) is 28.7 Å². The normalized spacial score (nSPS) is 10.6. The highest BCUT2D eigenvalue weighted by atomic mass is 79.9. The second-order valence-electron chi connectivity index (χ2n) is 3.23. The van der Waals surface area contributed by atoms with E-state index in [0.717, 1.165) is 27.8 Å². The van der Waals surface area contributed by atoms with Gasteiger partial charge in [-0.15, -0.1) is 0 Å². The predicted molar refractivity (Wildman–Crippen MR) is 61.1 cm³/mol. The number of H-pyrrole nitrogens is 1. The summed E-state index contributed by atoms with van der Waals surface area (Å²) in [5.74, 6) is -0.250. The highest BCUT2D eigenvalue weighted by Gasteiger charge is 2.11. The molecule has 2 nitrogen and oxygen atoms in total. The predicted octanol–water partition coefficient (Wildman–Crippen LogP) is 3.54. The van der Waals surface area contributed by atoms with Crippen molar-refractivity contribution in [3.63, 3.8) is 0 Å². The molecule has 0 aliphatic heterocycles. The Kier molecular flexibility index (Phi) is 2.86. The molecule has 0 atom stereocenters. The van der Waals surface area contributed by atoms with Crippen molar-refractivity contribution in [1.82, 2.24) is 10.2 Å². The number of hydrogen-bond acceptors (Lipinski definition) is 1. The third-order valence-electron chi connectivity index (χ3n) is 2.23. The van der Waals surface area contributed by atoms with Crippen molar-refractivity contribution in [1.29, 1.82) is 0 Å². The van der Waals surface area contributed by atoms with Crippen LogP contribution in [-0.2, 0) is 6.42 Å². The first kappa shape index (κ1) is 10.4. The minimum absolute atomic E-state index is 0.250. The van der Waals surface area contributed by atoms with Gasteiger partial charge in [-0.05, 0) is 34.5 Å². The summed E-state index contributed by atoms with van der Waals surface area (Å²) in [7, 11) is 0. The van der Waals surface area contributed by atoms with E-state index < -0.39 is 0 Å². The summed E-state index contributed by atoms with van der Waals surface area (Å²) >= 11 is 3.46. The Morgan fingerprint density at radius 3 is 2.87 bits per heavy atom. The maximum Gasteiger partial charge on any atom is 0.123 e. The van der Waals surface area contributed by atoms with Gasteiger partial charge in [0.1, 0.15) is 11.5 Å². The number of aromatic nitrogens is 2. The first-order chi connectivity index (χ1) is 7.22. The lowest BCUT2D eigenvalue weighted by Gasteiger charge is -1.97. The average molecular weight is 269 g/mol. The third kappa shape index (κ3) is 1.95. The van der Waals surface area contributed by atoms with Crippen molar-refractivity contribution >= 4 is 15.9 Å². The fourth-order valence-electron chi connectivity index (χ4n) is 1.43. The van der Waals surface area contributed by atoms with E-state index in [1.54, 1.807) is 6.07 Å². The van der Waals surface area contributed by atoms with Crippen LogP contribution in [0.5, 0.6) is 0 Å². The second kappa shape index (κ2) is 4.14. The van der Waals surface area contributed by atoms with E-state index in [1.165, 1.54) is 12.1 Å². The van der Waals surface area contributed by atoms with Crippen LogP contribution in [0.1, 0.15) is 12.6 Å². The number of aromatic amines is 1. The molecule has 0 spiro atoms. The van der Waals surface area contributed by atoms with Gasteiger partial charge in [0.15, 0.2) is 0 Å². The lowest BCUT2D eigenvalue weighted by atomic mass is 10.1. The molecule has 0 fully saturated rings. The molecule has 1 N–H and O–H groups in total. The van der Waals surface area contributed by atoms with Crippen molar-refractivity contribution in [3.8, 4) is 11.3 Å². The number of halogens is 2. The van der Waals surface area contributed by atoms with Crippen LogP contribution in [0.3, 0.4) is 0 Å². The van der Waals surface area contributed by atoms with Crippen molar-refractivity contribution in [2.45, 2.75) is 13.3 Å². The molecule has 0 radical (unpaired) electrons. The second-order valence-corrected chi connectivity index (χ2v) is 4.02. The van der Waals surface area contributed by atoms with E-state index in [2.05, 4.69) is 26.1 Å². The smallest absolute Gasteiger partial charge is 0.123 e. The van der Waals surface area contributed by atoms with Crippen LogP contribution in [0.15, 0.2) is 28.7 Å². The highest BCUT2D eigenvalue weighted by molar-refractivity contribution is 9.10. The monoisotopic (exact) mass is 268 g/mol. The fraction of sp³-hybridized carbons (Fsp3) is 0.182. The quantitative estimate of drug-likeness (QED) is 0.887.